The van der Waals surface area contributed by atoms with E-state index in [1.165, 1.54) is 11.3 Å². The van der Waals surface area contributed by atoms with Crippen molar-refractivity contribution in [3.05, 3.63) is 27.2 Å². The van der Waals surface area contributed by atoms with E-state index in [4.69, 9.17) is 9.47 Å². The van der Waals surface area contributed by atoms with Gasteiger partial charge in [-0.05, 0) is 34.1 Å². The molecule has 2 N–H and O–H groups in total. The Bertz CT molecular complexity index is 869. The number of nitrogens with zero attached hydrogens (tertiary/aromatic N) is 5. The number of hydrogen-bond donors (Lipinski definition) is 2. The molecule has 0 fully saturated rings. The first-order chi connectivity index (χ1) is 14.4. The van der Waals surface area contributed by atoms with Crippen LogP contribution in [-0.2, 0) is 23.1 Å². The molecule has 0 saturated carbocycles. The summed E-state index contributed by atoms with van der Waals surface area (Å²) in [5.41, 5.74) is 0.670. The summed E-state index contributed by atoms with van der Waals surface area (Å²) in [5, 5.41) is 15.7. The first-order valence-corrected chi connectivity index (χ1v) is 10.7. The molecule has 0 spiro atoms. The summed E-state index contributed by atoms with van der Waals surface area (Å²) in [7, 11) is 3.59. The number of esters is 1. The second-order valence-electron chi connectivity index (χ2n) is 6.71. The van der Waals surface area contributed by atoms with E-state index in [1.807, 2.05) is 32.4 Å². The minimum Gasteiger partial charge on any atom is -0.462 e. The minimum absolute atomic E-state index is 0. The molecular formula is C19H32IN7O3S. The van der Waals surface area contributed by atoms with Crippen LogP contribution >= 0.6 is 35.3 Å². The molecule has 12 heteroatoms. The molecule has 1 unspecified atom stereocenters. The van der Waals surface area contributed by atoms with Gasteiger partial charge in [-0.3, -0.25) is 0 Å². The van der Waals surface area contributed by atoms with Crippen molar-refractivity contribution in [2.75, 3.05) is 26.9 Å². The van der Waals surface area contributed by atoms with Crippen LogP contribution in [-0.4, -0.2) is 58.5 Å². The number of thiazole rings is 1. The Morgan fingerprint density at radius 3 is 2.68 bits per heavy atom. The highest BCUT2D eigenvalue weighted by molar-refractivity contribution is 14.0. The van der Waals surface area contributed by atoms with Crippen molar-refractivity contribution in [2.45, 2.75) is 46.7 Å². The summed E-state index contributed by atoms with van der Waals surface area (Å²) in [4.78, 5) is 21.8. The van der Waals surface area contributed by atoms with Gasteiger partial charge in [-0.15, -0.1) is 45.5 Å². The van der Waals surface area contributed by atoms with Crippen molar-refractivity contribution < 1.29 is 14.3 Å². The van der Waals surface area contributed by atoms with Crippen LogP contribution in [0, 0.1) is 13.8 Å². The normalized spacial score (nSPS) is 12.3. The fourth-order valence-corrected chi connectivity index (χ4v) is 3.53. The molecule has 0 radical (unpaired) electrons. The molecule has 2 aromatic rings. The first kappa shape index (κ1) is 27.2. The molecule has 0 aliphatic heterocycles. The number of methoxy groups -OCH3 is 1. The number of guanidine groups is 1. The van der Waals surface area contributed by atoms with Crippen molar-refractivity contribution in [1.29, 1.82) is 0 Å². The average molecular weight is 565 g/mol. The summed E-state index contributed by atoms with van der Waals surface area (Å²) in [6.07, 6.45) is 0.845. The Labute approximate surface area is 204 Å². The quantitative estimate of drug-likeness (QED) is 0.149. The zero-order valence-corrected chi connectivity index (χ0v) is 22.0. The van der Waals surface area contributed by atoms with Gasteiger partial charge in [0, 0.05) is 27.3 Å². The zero-order valence-electron chi connectivity index (χ0n) is 18.9. The molecule has 31 heavy (non-hydrogen) atoms. The van der Waals surface area contributed by atoms with Gasteiger partial charge in [-0.1, -0.05) is 0 Å². The van der Waals surface area contributed by atoms with E-state index in [0.29, 0.717) is 42.8 Å². The zero-order chi connectivity index (χ0) is 22.1. The number of aromatic nitrogens is 4. The van der Waals surface area contributed by atoms with Crippen LogP contribution in [0.15, 0.2) is 4.99 Å². The number of carbonyl (C=O) groups is 1. The molecule has 10 nitrogen and oxygen atoms in total. The number of nitrogens with one attached hydrogen (secondary N) is 2. The lowest BCUT2D eigenvalue weighted by molar-refractivity contribution is 0.0531. The maximum Gasteiger partial charge on any atom is 0.350 e. The predicted molar refractivity (Wildman–Crippen MR) is 131 cm³/mol. The van der Waals surface area contributed by atoms with Crippen molar-refractivity contribution in [2.24, 2.45) is 12.0 Å². The van der Waals surface area contributed by atoms with E-state index in [2.05, 4.69) is 30.8 Å². The Kier molecular flexibility index (Phi) is 11.9. The van der Waals surface area contributed by atoms with Gasteiger partial charge in [0.2, 0.25) is 0 Å². The molecular weight excluding hydrogens is 533 g/mol. The SMILES string of the molecule is CCOC(=O)c1sc(C(C)NC(=NCc2nnc(C)n2C)NCCCOC)nc1C.I. The maximum absolute atomic E-state index is 12.1. The van der Waals surface area contributed by atoms with Crippen LogP contribution in [0.3, 0.4) is 0 Å². The molecule has 2 heterocycles. The number of halogens is 1. The van der Waals surface area contributed by atoms with Gasteiger partial charge in [0.05, 0.1) is 18.3 Å². The number of hydrogen-bond acceptors (Lipinski definition) is 8. The Morgan fingerprint density at radius 1 is 1.32 bits per heavy atom. The topological polar surface area (TPSA) is 116 Å². The Balaban J connectivity index is 0.00000480. The number of ether oxygens (including phenoxy) is 2. The van der Waals surface area contributed by atoms with Crippen molar-refractivity contribution in [1.82, 2.24) is 30.4 Å². The number of aliphatic imine (C=N–C) groups is 1. The third-order valence-electron chi connectivity index (χ3n) is 4.38. The van der Waals surface area contributed by atoms with Crippen LogP contribution < -0.4 is 10.6 Å². The van der Waals surface area contributed by atoms with Crippen LogP contribution in [0.1, 0.15) is 58.3 Å². The van der Waals surface area contributed by atoms with Gasteiger partial charge in [0.15, 0.2) is 11.8 Å². The fourth-order valence-electron chi connectivity index (χ4n) is 2.57. The molecule has 0 saturated heterocycles. The van der Waals surface area contributed by atoms with Crippen molar-refractivity contribution in [3.63, 3.8) is 0 Å². The monoisotopic (exact) mass is 565 g/mol. The third-order valence-corrected chi connectivity index (χ3v) is 5.70. The average Bonchev–Trinajstić information content (AvgIpc) is 3.26. The molecule has 0 bridgehead atoms. The highest BCUT2D eigenvalue weighted by Crippen LogP contribution is 2.24. The molecule has 0 aliphatic carbocycles. The molecule has 2 aromatic heterocycles. The van der Waals surface area contributed by atoms with Crippen LogP contribution in [0.2, 0.25) is 0 Å². The maximum atomic E-state index is 12.1. The van der Waals surface area contributed by atoms with E-state index in [1.54, 1.807) is 14.0 Å². The van der Waals surface area contributed by atoms with E-state index >= 15 is 0 Å². The Morgan fingerprint density at radius 2 is 2.06 bits per heavy atom. The van der Waals surface area contributed by atoms with Crippen LogP contribution in [0.5, 0.6) is 0 Å². The molecule has 1 atom stereocenters. The lowest BCUT2D eigenvalue weighted by Crippen LogP contribution is -2.39. The second kappa shape index (κ2) is 13.6. The van der Waals surface area contributed by atoms with Gasteiger partial charge in [0.1, 0.15) is 22.3 Å². The second-order valence-corrected chi connectivity index (χ2v) is 7.74. The van der Waals surface area contributed by atoms with Crippen LogP contribution in [0.25, 0.3) is 0 Å². The van der Waals surface area contributed by atoms with E-state index in [9.17, 15) is 4.79 Å². The van der Waals surface area contributed by atoms with Gasteiger partial charge in [0.25, 0.3) is 0 Å². The summed E-state index contributed by atoms with van der Waals surface area (Å²) in [6.45, 7) is 9.56. The number of carbonyl (C=O) groups excluding carboxylic acids is 1. The fraction of sp³-hybridized carbons (Fsp3) is 0.632. The van der Waals surface area contributed by atoms with Crippen LogP contribution in [0.4, 0.5) is 0 Å². The molecule has 0 aliphatic rings. The van der Waals surface area contributed by atoms with Gasteiger partial charge < -0.3 is 24.7 Å². The predicted octanol–water partition coefficient (Wildman–Crippen LogP) is 2.52. The smallest absolute Gasteiger partial charge is 0.350 e. The summed E-state index contributed by atoms with van der Waals surface area (Å²) in [5.74, 6) is 1.90. The van der Waals surface area contributed by atoms with E-state index in [0.717, 1.165) is 23.1 Å². The van der Waals surface area contributed by atoms with E-state index in [-0.39, 0.29) is 36.0 Å². The molecule has 0 amide bonds. The van der Waals surface area contributed by atoms with Crippen molar-refractivity contribution in [3.8, 4) is 0 Å². The van der Waals surface area contributed by atoms with Gasteiger partial charge in [-0.2, -0.15) is 0 Å². The minimum atomic E-state index is -0.338. The lowest BCUT2D eigenvalue weighted by Gasteiger charge is -2.16. The molecule has 0 aromatic carbocycles. The number of rotatable bonds is 10. The summed E-state index contributed by atoms with van der Waals surface area (Å²) in [6, 6.07) is -0.146. The first-order valence-electron chi connectivity index (χ1n) is 9.90. The Hall–Kier alpha value is -1.80. The third kappa shape index (κ3) is 8.00. The summed E-state index contributed by atoms with van der Waals surface area (Å²) >= 11 is 1.33. The molecule has 2 rings (SSSR count). The largest absolute Gasteiger partial charge is 0.462 e. The van der Waals surface area contributed by atoms with Gasteiger partial charge >= 0.3 is 5.97 Å². The van der Waals surface area contributed by atoms with Crippen molar-refractivity contribution >= 4 is 47.2 Å². The number of aryl methyl sites for hydroxylation is 2. The highest BCUT2D eigenvalue weighted by Gasteiger charge is 2.20. The van der Waals surface area contributed by atoms with Gasteiger partial charge in [-0.25, -0.2) is 14.8 Å². The molecule has 174 valence electrons. The highest BCUT2D eigenvalue weighted by atomic mass is 127. The summed E-state index contributed by atoms with van der Waals surface area (Å²) < 4.78 is 12.1. The standard InChI is InChI=1S/C19H31N7O3S.HI/c1-7-29-18(27)16-12(2)22-17(30-16)13(3)23-19(20-9-8-10-28-6)21-11-15-25-24-14(4)26(15)5;/h13H,7-11H2,1-6H3,(H2,20,21,23);1H. The van der Waals surface area contributed by atoms with E-state index < -0.39 is 0 Å². The lowest BCUT2D eigenvalue weighted by atomic mass is 10.3.